The van der Waals surface area contributed by atoms with Crippen LogP contribution in [0.3, 0.4) is 0 Å². The minimum Gasteiger partial charge on any atom is -0.0806 e. The van der Waals surface area contributed by atoms with Crippen molar-refractivity contribution in [3.63, 3.8) is 0 Å². The van der Waals surface area contributed by atoms with Crippen molar-refractivity contribution in [1.82, 2.24) is 0 Å². The van der Waals surface area contributed by atoms with Crippen molar-refractivity contribution in [2.24, 2.45) is 29.6 Å². The van der Waals surface area contributed by atoms with Gasteiger partial charge in [-0.15, -0.1) is 0 Å². The van der Waals surface area contributed by atoms with Gasteiger partial charge in [-0.05, 0) is 85.7 Å². The summed E-state index contributed by atoms with van der Waals surface area (Å²) in [5, 5.41) is 0. The number of hydrogen-bond donors (Lipinski definition) is 0. The predicted molar refractivity (Wildman–Crippen MR) is 119 cm³/mol. The van der Waals surface area contributed by atoms with E-state index in [9.17, 15) is 0 Å². The van der Waals surface area contributed by atoms with E-state index in [1.54, 1.807) is 11.1 Å². The second-order valence-corrected chi connectivity index (χ2v) is 10.2. The summed E-state index contributed by atoms with van der Waals surface area (Å²) in [6.07, 6.45) is 25.6. The van der Waals surface area contributed by atoms with E-state index in [1.165, 1.54) is 70.6 Å². The van der Waals surface area contributed by atoms with Gasteiger partial charge >= 0.3 is 0 Å². The highest BCUT2D eigenvalue weighted by Gasteiger charge is 2.56. The van der Waals surface area contributed by atoms with Crippen LogP contribution in [0, 0.1) is 29.6 Å². The van der Waals surface area contributed by atoms with E-state index in [1.807, 2.05) is 0 Å². The minimum atomic E-state index is 0.449. The van der Waals surface area contributed by atoms with Gasteiger partial charge in [-0.1, -0.05) is 81.2 Å². The highest BCUT2D eigenvalue weighted by Crippen LogP contribution is 2.62. The third-order valence-electron chi connectivity index (χ3n) is 9.02. The molecule has 5 unspecified atom stereocenters. The van der Waals surface area contributed by atoms with Gasteiger partial charge in [-0.25, -0.2) is 0 Å². The van der Waals surface area contributed by atoms with Crippen molar-refractivity contribution in [2.75, 3.05) is 0 Å². The third-order valence-corrected chi connectivity index (χ3v) is 9.02. The summed E-state index contributed by atoms with van der Waals surface area (Å²) in [6.45, 7) is 2.36. The highest BCUT2D eigenvalue weighted by atomic mass is 14.6. The van der Waals surface area contributed by atoms with Crippen molar-refractivity contribution >= 4 is 0 Å². The van der Waals surface area contributed by atoms with E-state index in [0.29, 0.717) is 5.41 Å². The Hall–Kier alpha value is -1.30. The molecule has 5 rings (SSSR count). The Morgan fingerprint density at radius 2 is 1.75 bits per heavy atom. The summed E-state index contributed by atoms with van der Waals surface area (Å²) in [5.74, 6) is 4.25. The maximum Gasteiger partial charge on any atom is 0.00182 e. The fourth-order valence-electron chi connectivity index (χ4n) is 7.94. The van der Waals surface area contributed by atoms with Crippen LogP contribution in [0.5, 0.6) is 0 Å². The molecule has 0 bridgehead atoms. The Balaban J connectivity index is 1.59. The number of aryl methyl sites for hydroxylation is 1. The van der Waals surface area contributed by atoms with Crippen LogP contribution < -0.4 is 0 Å². The van der Waals surface area contributed by atoms with Crippen LogP contribution in [-0.4, -0.2) is 0 Å². The highest BCUT2D eigenvalue weighted by molar-refractivity contribution is 5.40. The molecule has 2 fully saturated rings. The first-order valence-corrected chi connectivity index (χ1v) is 12.3. The van der Waals surface area contributed by atoms with Crippen LogP contribution in [0.15, 0.2) is 48.6 Å². The summed E-state index contributed by atoms with van der Waals surface area (Å²) in [4.78, 5) is 0. The molecule has 2 saturated carbocycles. The molecule has 1 aromatic rings. The number of allylic oxidation sites excluding steroid dienone is 4. The smallest absolute Gasteiger partial charge is 0.00182 e. The Morgan fingerprint density at radius 3 is 2.57 bits per heavy atom. The van der Waals surface area contributed by atoms with Crippen molar-refractivity contribution in [2.45, 2.75) is 83.0 Å². The number of rotatable bonds is 5. The zero-order chi connectivity index (χ0) is 19.0. The summed E-state index contributed by atoms with van der Waals surface area (Å²) in [7, 11) is 0. The fraction of sp³-hybridized carbons (Fsp3) is 0.643. The van der Waals surface area contributed by atoms with Gasteiger partial charge in [0.15, 0.2) is 0 Å². The SMILES string of the molecule is CCCCC1CC(C2(C3CCCC3)CCCc3ccccc32)C2C=CC=CC12. The van der Waals surface area contributed by atoms with Crippen LogP contribution in [0.1, 0.15) is 82.3 Å². The molecule has 1 aromatic carbocycles. The van der Waals surface area contributed by atoms with Crippen molar-refractivity contribution < 1.29 is 0 Å². The molecule has 0 aliphatic heterocycles. The number of benzene rings is 1. The van der Waals surface area contributed by atoms with Gasteiger partial charge in [0.25, 0.3) is 0 Å². The second-order valence-electron chi connectivity index (χ2n) is 10.2. The molecule has 0 heterocycles. The standard InChI is InChI=1S/C28H38/c1-2-3-11-22-20-27(25-17-8-7-16-24(22)25)28(23-14-5-6-15-23)19-10-13-21-12-4-9-18-26(21)28/h4,7-9,12,16-18,22-25,27H,2-3,5-6,10-11,13-15,19-20H2,1H3. The van der Waals surface area contributed by atoms with Crippen molar-refractivity contribution in [1.29, 1.82) is 0 Å². The molecule has 28 heavy (non-hydrogen) atoms. The van der Waals surface area contributed by atoms with Gasteiger partial charge in [0.05, 0.1) is 0 Å². The molecule has 5 atom stereocenters. The van der Waals surface area contributed by atoms with Gasteiger partial charge in [0, 0.05) is 5.41 Å². The maximum atomic E-state index is 2.62. The first kappa shape index (κ1) is 18.7. The van der Waals surface area contributed by atoms with E-state index in [2.05, 4.69) is 55.5 Å². The Bertz CT molecular complexity index is 734. The average molecular weight is 375 g/mol. The van der Waals surface area contributed by atoms with E-state index >= 15 is 0 Å². The normalized spacial score (nSPS) is 37.2. The van der Waals surface area contributed by atoms with Crippen LogP contribution in [0.4, 0.5) is 0 Å². The molecule has 0 amide bonds. The Morgan fingerprint density at radius 1 is 0.964 bits per heavy atom. The van der Waals surface area contributed by atoms with Crippen molar-refractivity contribution in [3.8, 4) is 0 Å². The molecule has 150 valence electrons. The largest absolute Gasteiger partial charge is 0.0806 e. The van der Waals surface area contributed by atoms with E-state index < -0.39 is 0 Å². The predicted octanol–water partition coefficient (Wildman–Crippen LogP) is 7.64. The van der Waals surface area contributed by atoms with Gasteiger partial charge in [0.1, 0.15) is 0 Å². The molecule has 0 saturated heterocycles. The molecule has 4 aliphatic rings. The topological polar surface area (TPSA) is 0 Å². The number of unbranched alkanes of at least 4 members (excludes halogenated alkanes) is 1. The molecule has 0 radical (unpaired) electrons. The number of hydrogen-bond acceptors (Lipinski definition) is 0. The summed E-state index contributed by atoms with van der Waals surface area (Å²) < 4.78 is 0. The van der Waals surface area contributed by atoms with Gasteiger partial charge in [-0.3, -0.25) is 0 Å². The molecule has 0 N–H and O–H groups in total. The second kappa shape index (κ2) is 7.85. The Labute approximate surface area is 172 Å². The van der Waals surface area contributed by atoms with Crippen molar-refractivity contribution in [3.05, 3.63) is 59.7 Å². The minimum absolute atomic E-state index is 0.449. The third kappa shape index (κ3) is 2.94. The lowest BCUT2D eigenvalue weighted by Gasteiger charge is -2.50. The molecular formula is C28H38. The Kier molecular flexibility index (Phi) is 5.24. The lowest BCUT2D eigenvalue weighted by Crippen LogP contribution is -2.46. The fourth-order valence-corrected chi connectivity index (χ4v) is 7.94. The molecule has 4 aliphatic carbocycles. The van der Waals surface area contributed by atoms with E-state index in [-0.39, 0.29) is 0 Å². The summed E-state index contributed by atoms with van der Waals surface area (Å²) in [6, 6.07) is 9.62. The van der Waals surface area contributed by atoms with E-state index in [4.69, 9.17) is 0 Å². The lowest BCUT2D eigenvalue weighted by atomic mass is 9.53. The van der Waals surface area contributed by atoms with Crippen LogP contribution >= 0.6 is 0 Å². The average Bonchev–Trinajstić information content (AvgIpc) is 3.41. The van der Waals surface area contributed by atoms with E-state index in [0.717, 1.165) is 29.6 Å². The summed E-state index contributed by atoms with van der Waals surface area (Å²) in [5.41, 5.74) is 3.91. The quantitative estimate of drug-likeness (QED) is 0.497. The zero-order valence-corrected chi connectivity index (χ0v) is 17.8. The summed E-state index contributed by atoms with van der Waals surface area (Å²) >= 11 is 0. The van der Waals surface area contributed by atoms with Gasteiger partial charge in [0.2, 0.25) is 0 Å². The first-order valence-electron chi connectivity index (χ1n) is 12.3. The lowest BCUT2D eigenvalue weighted by molar-refractivity contribution is 0.118. The molecule has 0 heteroatoms. The van der Waals surface area contributed by atoms with Gasteiger partial charge in [-0.2, -0.15) is 0 Å². The maximum absolute atomic E-state index is 2.62. The zero-order valence-electron chi connectivity index (χ0n) is 17.8. The van der Waals surface area contributed by atoms with Crippen LogP contribution in [-0.2, 0) is 11.8 Å². The van der Waals surface area contributed by atoms with Gasteiger partial charge < -0.3 is 0 Å². The van der Waals surface area contributed by atoms with Crippen LogP contribution in [0.2, 0.25) is 0 Å². The van der Waals surface area contributed by atoms with Crippen LogP contribution in [0.25, 0.3) is 0 Å². The first-order chi connectivity index (χ1) is 13.8. The molecule has 0 nitrogen and oxygen atoms in total. The molecular weight excluding hydrogens is 336 g/mol. The number of fused-ring (bicyclic) bond motifs is 2. The molecule has 0 spiro atoms. The monoisotopic (exact) mass is 374 g/mol. The molecule has 0 aromatic heterocycles.